The number of Topliss-reactive ketones (excluding diaryl/α,β-unsaturated/α-hetero) is 2. The molecule has 0 radical (unpaired) electrons. The summed E-state index contributed by atoms with van der Waals surface area (Å²) in [4.78, 5) is 22.8. The lowest BCUT2D eigenvalue weighted by atomic mass is 9.89. The van der Waals surface area contributed by atoms with Gasteiger partial charge in [-0.15, -0.1) is 0 Å². The van der Waals surface area contributed by atoms with Gasteiger partial charge in [-0.3, -0.25) is 9.59 Å². The van der Waals surface area contributed by atoms with E-state index in [0.29, 0.717) is 0 Å². The van der Waals surface area contributed by atoms with Crippen LogP contribution in [0.5, 0.6) is 11.5 Å². The molecule has 1 aliphatic carbocycles. The van der Waals surface area contributed by atoms with E-state index in [1.807, 2.05) is 0 Å². The summed E-state index contributed by atoms with van der Waals surface area (Å²) in [5, 5.41) is 37.9. The fraction of sp³-hybridized carbons (Fsp3) is 0.0909. The van der Waals surface area contributed by atoms with E-state index in [2.05, 4.69) is 0 Å². The van der Waals surface area contributed by atoms with Crippen LogP contribution in [0.25, 0.3) is 5.76 Å². The maximum atomic E-state index is 11.6. The highest BCUT2D eigenvalue weighted by Gasteiger charge is 2.37. The Hall–Kier alpha value is -2.50. The number of phenolic OH excluding ortho intramolecular Hbond substituents is 2. The first-order chi connectivity index (χ1) is 7.86. The highest BCUT2D eigenvalue weighted by Crippen LogP contribution is 2.40. The molecule has 0 bridgehead atoms. The molecule has 1 aromatic rings. The molecule has 0 amide bonds. The summed E-state index contributed by atoms with van der Waals surface area (Å²) in [6, 6.07) is 1.11. The zero-order valence-corrected chi connectivity index (χ0v) is 8.68. The number of rotatable bonds is 0. The van der Waals surface area contributed by atoms with Crippen molar-refractivity contribution in [2.75, 3.05) is 0 Å². The third kappa shape index (κ3) is 1.27. The molecule has 0 atom stereocenters. The van der Waals surface area contributed by atoms with Crippen LogP contribution in [-0.2, 0) is 4.79 Å². The smallest absolute Gasteiger partial charge is 0.271 e. The topological polar surface area (TPSA) is 115 Å². The molecule has 1 aromatic carbocycles. The highest BCUT2D eigenvalue weighted by molar-refractivity contribution is 6.52. The van der Waals surface area contributed by atoms with E-state index >= 15 is 0 Å². The second-order valence-electron chi connectivity index (χ2n) is 3.67. The average molecular weight is 236 g/mol. The number of aromatic hydroxyl groups is 2. The maximum Gasteiger partial charge on any atom is 0.271 e. The molecule has 4 N–H and O–H groups in total. The Balaban J connectivity index is 2.95. The SMILES string of the molecule is Cc1cc(O)c2c(c1O)C(=O)C(=O)C(O)=C2O. The zero-order chi connectivity index (χ0) is 12.9. The number of carbonyl (C=O) groups excluding carboxylic acids is 2. The monoisotopic (exact) mass is 236 g/mol. The quantitative estimate of drug-likeness (QED) is 0.394. The van der Waals surface area contributed by atoms with Gasteiger partial charge in [0.1, 0.15) is 11.5 Å². The minimum Gasteiger partial charge on any atom is -0.507 e. The van der Waals surface area contributed by atoms with Crippen LogP contribution in [0.1, 0.15) is 21.5 Å². The van der Waals surface area contributed by atoms with Crippen LogP contribution in [-0.4, -0.2) is 32.0 Å². The number of ketones is 2. The van der Waals surface area contributed by atoms with E-state index in [1.54, 1.807) is 0 Å². The number of carbonyl (C=O) groups is 2. The largest absolute Gasteiger partial charge is 0.507 e. The number of allylic oxidation sites excluding steroid dienone is 1. The molecule has 0 spiro atoms. The Morgan fingerprint density at radius 3 is 2.06 bits per heavy atom. The molecule has 17 heavy (non-hydrogen) atoms. The summed E-state index contributed by atoms with van der Waals surface area (Å²) in [6.45, 7) is 1.42. The lowest BCUT2D eigenvalue weighted by Crippen LogP contribution is -2.24. The number of benzene rings is 1. The highest BCUT2D eigenvalue weighted by atomic mass is 16.3. The molecule has 0 saturated carbocycles. The predicted octanol–water partition coefficient (Wildman–Crippen LogP) is 0.956. The van der Waals surface area contributed by atoms with E-state index in [0.717, 1.165) is 6.07 Å². The zero-order valence-electron chi connectivity index (χ0n) is 8.68. The van der Waals surface area contributed by atoms with E-state index in [-0.39, 0.29) is 5.56 Å². The van der Waals surface area contributed by atoms with E-state index in [1.165, 1.54) is 6.92 Å². The van der Waals surface area contributed by atoms with Crippen molar-refractivity contribution in [1.82, 2.24) is 0 Å². The molecule has 6 heteroatoms. The van der Waals surface area contributed by atoms with Gasteiger partial charge in [0.15, 0.2) is 5.76 Å². The van der Waals surface area contributed by atoms with Crippen molar-refractivity contribution >= 4 is 17.3 Å². The van der Waals surface area contributed by atoms with Gasteiger partial charge in [0.25, 0.3) is 5.78 Å². The van der Waals surface area contributed by atoms with Crippen LogP contribution < -0.4 is 0 Å². The van der Waals surface area contributed by atoms with Gasteiger partial charge in [-0.1, -0.05) is 0 Å². The van der Waals surface area contributed by atoms with Gasteiger partial charge in [0, 0.05) is 0 Å². The van der Waals surface area contributed by atoms with Gasteiger partial charge < -0.3 is 20.4 Å². The first-order valence-electron chi connectivity index (χ1n) is 4.63. The Morgan fingerprint density at radius 2 is 1.47 bits per heavy atom. The summed E-state index contributed by atoms with van der Waals surface area (Å²) in [7, 11) is 0. The second kappa shape index (κ2) is 3.24. The Bertz CT molecular complexity index is 596. The Morgan fingerprint density at radius 1 is 0.882 bits per heavy atom. The molecule has 0 unspecified atom stereocenters. The number of hydrogen-bond acceptors (Lipinski definition) is 6. The summed E-state index contributed by atoms with van der Waals surface area (Å²) in [6.07, 6.45) is 0. The Labute approximate surface area is 95.1 Å². The normalized spacial score (nSPS) is 15.1. The average Bonchev–Trinajstić information content (AvgIpc) is 2.28. The maximum absolute atomic E-state index is 11.6. The van der Waals surface area contributed by atoms with Gasteiger partial charge >= 0.3 is 0 Å². The van der Waals surface area contributed by atoms with Gasteiger partial charge in [-0.2, -0.15) is 0 Å². The molecular formula is C11H8O6. The first kappa shape index (κ1) is 11.0. The van der Waals surface area contributed by atoms with Crippen LogP contribution >= 0.6 is 0 Å². The minimum absolute atomic E-state index is 0.177. The molecule has 6 nitrogen and oxygen atoms in total. The number of phenols is 2. The molecular weight excluding hydrogens is 228 g/mol. The number of hydrogen-bond donors (Lipinski definition) is 4. The molecule has 0 heterocycles. The number of fused-ring (bicyclic) bond motifs is 1. The van der Waals surface area contributed by atoms with Crippen LogP contribution in [0.3, 0.4) is 0 Å². The van der Waals surface area contributed by atoms with Crippen molar-refractivity contribution in [1.29, 1.82) is 0 Å². The van der Waals surface area contributed by atoms with E-state index in [4.69, 9.17) is 0 Å². The third-order valence-corrected chi connectivity index (χ3v) is 2.58. The van der Waals surface area contributed by atoms with Crippen molar-refractivity contribution in [3.8, 4) is 11.5 Å². The van der Waals surface area contributed by atoms with Crippen LogP contribution in [0.2, 0.25) is 0 Å². The van der Waals surface area contributed by atoms with E-state index < -0.39 is 45.7 Å². The van der Waals surface area contributed by atoms with Gasteiger partial charge in [0.05, 0.1) is 11.1 Å². The Kier molecular flexibility index (Phi) is 2.10. The van der Waals surface area contributed by atoms with Gasteiger partial charge in [-0.25, -0.2) is 0 Å². The van der Waals surface area contributed by atoms with Crippen molar-refractivity contribution in [3.63, 3.8) is 0 Å². The summed E-state index contributed by atoms with van der Waals surface area (Å²) in [5.74, 6) is -5.56. The summed E-state index contributed by atoms with van der Waals surface area (Å²) < 4.78 is 0. The second-order valence-corrected chi connectivity index (χ2v) is 3.67. The first-order valence-corrected chi connectivity index (χ1v) is 4.63. The van der Waals surface area contributed by atoms with E-state index in [9.17, 15) is 30.0 Å². The lowest BCUT2D eigenvalue weighted by molar-refractivity contribution is -0.114. The van der Waals surface area contributed by atoms with Crippen LogP contribution in [0.4, 0.5) is 0 Å². The number of aryl methyl sites for hydroxylation is 1. The summed E-state index contributed by atoms with van der Waals surface area (Å²) in [5.41, 5.74) is -0.755. The van der Waals surface area contributed by atoms with Gasteiger partial charge in [-0.05, 0) is 18.6 Å². The molecule has 1 aliphatic rings. The van der Waals surface area contributed by atoms with Crippen molar-refractivity contribution in [2.45, 2.75) is 6.92 Å². The molecule has 0 saturated heterocycles. The predicted molar refractivity (Wildman–Crippen MR) is 56.0 cm³/mol. The molecule has 0 aliphatic heterocycles. The lowest BCUT2D eigenvalue weighted by Gasteiger charge is -2.17. The molecule has 0 fully saturated rings. The van der Waals surface area contributed by atoms with Crippen molar-refractivity contribution in [3.05, 3.63) is 28.5 Å². The standard InChI is InChI=1S/C11H8O6/c1-3-2-4(12)5-6(7(3)13)9(15)11(17)10(16)8(5)14/h2,12-14,16H,1H3. The molecule has 88 valence electrons. The molecule has 0 aromatic heterocycles. The number of aliphatic hydroxyl groups excluding tert-OH is 2. The fourth-order valence-electron chi connectivity index (χ4n) is 1.70. The third-order valence-electron chi connectivity index (χ3n) is 2.58. The van der Waals surface area contributed by atoms with Gasteiger partial charge in [0.2, 0.25) is 11.5 Å². The van der Waals surface area contributed by atoms with Crippen molar-refractivity contribution in [2.24, 2.45) is 0 Å². The fourth-order valence-corrected chi connectivity index (χ4v) is 1.70. The van der Waals surface area contributed by atoms with Crippen molar-refractivity contribution < 1.29 is 30.0 Å². The molecule has 2 rings (SSSR count). The number of aliphatic hydroxyl groups is 2. The van der Waals surface area contributed by atoms with Crippen LogP contribution in [0.15, 0.2) is 11.8 Å². The minimum atomic E-state index is -1.32. The van der Waals surface area contributed by atoms with Crippen LogP contribution in [0, 0.1) is 6.92 Å². The summed E-state index contributed by atoms with van der Waals surface area (Å²) >= 11 is 0.